The largest absolute Gasteiger partial charge is 0.348 e. The van der Waals surface area contributed by atoms with Gasteiger partial charge in [0.25, 0.3) is 5.91 Å². The van der Waals surface area contributed by atoms with Crippen molar-refractivity contribution in [1.29, 1.82) is 0 Å². The third-order valence-electron chi connectivity index (χ3n) is 4.79. The molecular weight excluding hydrogens is 369 g/mol. The zero-order valence-corrected chi connectivity index (χ0v) is 15.9. The van der Waals surface area contributed by atoms with Crippen LogP contribution in [0, 0.1) is 11.7 Å². The van der Waals surface area contributed by atoms with E-state index in [1.54, 1.807) is 24.7 Å². The van der Waals surface area contributed by atoms with Gasteiger partial charge in [-0.15, -0.1) is 0 Å². The predicted octanol–water partition coefficient (Wildman–Crippen LogP) is 3.62. The summed E-state index contributed by atoms with van der Waals surface area (Å²) >= 11 is 0. The van der Waals surface area contributed by atoms with Gasteiger partial charge < -0.3 is 4.98 Å². The topological polar surface area (TPSA) is 73.7 Å². The second-order valence-corrected chi connectivity index (χ2v) is 6.76. The molecule has 6 nitrogen and oxygen atoms in total. The second kappa shape index (κ2) is 8.18. The molecule has 7 heteroatoms. The van der Waals surface area contributed by atoms with Crippen molar-refractivity contribution in [2.75, 3.05) is 11.6 Å². The molecule has 3 aromatic rings. The zero-order chi connectivity index (χ0) is 20.2. The Morgan fingerprint density at radius 3 is 2.62 bits per heavy atom. The van der Waals surface area contributed by atoms with Crippen LogP contribution in [0.2, 0.25) is 0 Å². The molecule has 1 aliphatic rings. The highest BCUT2D eigenvalue weighted by Crippen LogP contribution is 2.28. The van der Waals surface area contributed by atoms with Crippen molar-refractivity contribution in [3.63, 3.8) is 0 Å². The fraction of sp³-hybridized carbons (Fsp3) is 0.182. The van der Waals surface area contributed by atoms with Gasteiger partial charge in [0.1, 0.15) is 11.7 Å². The van der Waals surface area contributed by atoms with E-state index in [4.69, 9.17) is 0 Å². The van der Waals surface area contributed by atoms with E-state index in [-0.39, 0.29) is 11.7 Å². The maximum absolute atomic E-state index is 13.3. The molecule has 0 fully saturated rings. The van der Waals surface area contributed by atoms with Gasteiger partial charge in [0.05, 0.1) is 17.7 Å². The van der Waals surface area contributed by atoms with E-state index in [0.717, 1.165) is 11.3 Å². The number of hydrazone groups is 1. The lowest BCUT2D eigenvalue weighted by Crippen LogP contribution is -2.32. The molecule has 0 aliphatic carbocycles. The van der Waals surface area contributed by atoms with Gasteiger partial charge in [-0.3, -0.25) is 9.79 Å². The first-order valence-electron chi connectivity index (χ1n) is 9.35. The first-order valence-corrected chi connectivity index (χ1v) is 9.35. The molecule has 0 saturated carbocycles. The Labute approximate surface area is 167 Å². The van der Waals surface area contributed by atoms with Gasteiger partial charge in [0.15, 0.2) is 0 Å². The van der Waals surface area contributed by atoms with Crippen molar-refractivity contribution in [3.05, 3.63) is 84.2 Å². The Morgan fingerprint density at radius 1 is 1.17 bits per heavy atom. The lowest BCUT2D eigenvalue weighted by atomic mass is 9.93. The van der Waals surface area contributed by atoms with Gasteiger partial charge in [0.2, 0.25) is 0 Å². The number of carbonyl (C=O) groups is 1. The van der Waals surface area contributed by atoms with E-state index in [1.807, 2.05) is 37.3 Å². The summed E-state index contributed by atoms with van der Waals surface area (Å²) in [4.78, 5) is 24.9. The number of halogens is 1. The number of benzene rings is 2. The van der Waals surface area contributed by atoms with Crippen molar-refractivity contribution < 1.29 is 9.18 Å². The van der Waals surface area contributed by atoms with Crippen LogP contribution in [0.1, 0.15) is 18.2 Å². The summed E-state index contributed by atoms with van der Waals surface area (Å²) in [7, 11) is 0. The number of aromatic nitrogens is 2. The number of amides is 1. The molecule has 2 heterocycles. The summed E-state index contributed by atoms with van der Waals surface area (Å²) in [5.74, 6) is -1.14. The van der Waals surface area contributed by atoms with Crippen LogP contribution in [0.25, 0.3) is 0 Å². The number of H-pyrrole nitrogens is 1. The van der Waals surface area contributed by atoms with Gasteiger partial charge in [0, 0.05) is 30.6 Å². The molecule has 1 amide bonds. The smallest absolute Gasteiger partial charge is 0.262 e. The van der Waals surface area contributed by atoms with Crippen LogP contribution in [0.15, 0.2) is 77.2 Å². The Bertz CT molecular complexity index is 1040. The summed E-state index contributed by atoms with van der Waals surface area (Å²) in [6.45, 7) is 2.39. The number of aromatic amines is 1. The number of hydrogen-bond acceptors (Lipinski definition) is 4. The minimum Gasteiger partial charge on any atom is -0.348 e. The van der Waals surface area contributed by atoms with Crippen LogP contribution in [0.4, 0.5) is 10.1 Å². The van der Waals surface area contributed by atoms with Crippen molar-refractivity contribution >= 4 is 23.0 Å². The highest BCUT2D eigenvalue weighted by molar-refractivity contribution is 6.32. The molecule has 146 valence electrons. The standard InChI is InChI=1S/C22H20FN5O/c1-15(25-12-11-18-13-24-14-26-18)20-21(16-5-3-2-4-6-16)27-28(22(20)29)19-9-7-17(23)8-10-19/h2-10,13-14,20H,11-12H2,1H3,(H,24,26). The van der Waals surface area contributed by atoms with Crippen LogP contribution in [-0.4, -0.2) is 33.8 Å². The summed E-state index contributed by atoms with van der Waals surface area (Å²) in [6.07, 6.45) is 4.10. The highest BCUT2D eigenvalue weighted by atomic mass is 19.1. The number of carbonyl (C=O) groups excluding carboxylic acids is 1. The van der Waals surface area contributed by atoms with E-state index in [0.29, 0.717) is 30.1 Å². The molecule has 2 aromatic carbocycles. The fourth-order valence-corrected chi connectivity index (χ4v) is 3.30. The Balaban J connectivity index is 1.64. The Morgan fingerprint density at radius 2 is 1.93 bits per heavy atom. The molecule has 0 radical (unpaired) electrons. The molecule has 1 aromatic heterocycles. The number of aliphatic imine (C=N–C) groups is 1. The summed E-state index contributed by atoms with van der Waals surface area (Å²) in [5, 5.41) is 5.91. The second-order valence-electron chi connectivity index (χ2n) is 6.76. The average molecular weight is 389 g/mol. The van der Waals surface area contributed by atoms with Crippen LogP contribution < -0.4 is 5.01 Å². The van der Waals surface area contributed by atoms with Crippen LogP contribution in [-0.2, 0) is 11.2 Å². The van der Waals surface area contributed by atoms with E-state index >= 15 is 0 Å². The molecule has 4 rings (SSSR count). The Hall–Kier alpha value is -3.61. The third-order valence-corrected chi connectivity index (χ3v) is 4.79. The van der Waals surface area contributed by atoms with Crippen molar-refractivity contribution in [1.82, 2.24) is 9.97 Å². The number of imidazole rings is 1. The van der Waals surface area contributed by atoms with Gasteiger partial charge in [-0.2, -0.15) is 10.1 Å². The van der Waals surface area contributed by atoms with Crippen molar-refractivity contribution in [2.45, 2.75) is 13.3 Å². The van der Waals surface area contributed by atoms with Crippen LogP contribution in [0.5, 0.6) is 0 Å². The molecule has 0 bridgehead atoms. The van der Waals surface area contributed by atoms with Gasteiger partial charge in [-0.1, -0.05) is 30.3 Å². The SMILES string of the molecule is CC(=NCCc1cnc[nH]1)C1C(=O)N(c2ccc(F)cc2)N=C1c1ccccc1. The summed E-state index contributed by atoms with van der Waals surface area (Å²) in [6, 6.07) is 15.3. The Kier molecular flexibility index (Phi) is 5.29. The van der Waals surface area contributed by atoms with Gasteiger partial charge in [-0.05, 0) is 36.8 Å². The maximum Gasteiger partial charge on any atom is 0.262 e. The molecule has 1 atom stereocenters. The summed E-state index contributed by atoms with van der Waals surface area (Å²) in [5.41, 5.74) is 3.71. The van der Waals surface area contributed by atoms with Crippen LogP contribution in [0.3, 0.4) is 0 Å². The molecule has 1 unspecified atom stereocenters. The third kappa shape index (κ3) is 3.99. The van der Waals surface area contributed by atoms with E-state index in [2.05, 4.69) is 20.1 Å². The minimum absolute atomic E-state index is 0.196. The number of anilines is 1. The molecule has 1 N–H and O–H groups in total. The first kappa shape index (κ1) is 18.7. The molecule has 29 heavy (non-hydrogen) atoms. The molecule has 0 spiro atoms. The van der Waals surface area contributed by atoms with Crippen molar-refractivity contribution in [3.8, 4) is 0 Å². The fourth-order valence-electron chi connectivity index (χ4n) is 3.30. The van der Waals surface area contributed by atoms with Crippen LogP contribution >= 0.6 is 0 Å². The maximum atomic E-state index is 13.3. The quantitative estimate of drug-likeness (QED) is 0.654. The minimum atomic E-state index is -0.579. The normalized spacial score (nSPS) is 17.0. The van der Waals surface area contributed by atoms with E-state index in [1.165, 1.54) is 17.1 Å². The number of nitrogens with one attached hydrogen (secondary N) is 1. The van der Waals surface area contributed by atoms with Crippen molar-refractivity contribution in [2.24, 2.45) is 16.0 Å². The predicted molar refractivity (Wildman–Crippen MR) is 111 cm³/mol. The monoisotopic (exact) mass is 389 g/mol. The number of rotatable bonds is 6. The average Bonchev–Trinajstić information content (AvgIpc) is 3.37. The molecular formula is C22H20FN5O. The number of nitrogens with zero attached hydrogens (tertiary/aromatic N) is 4. The van der Waals surface area contributed by atoms with Gasteiger partial charge in [-0.25, -0.2) is 9.37 Å². The molecule has 1 aliphatic heterocycles. The summed E-state index contributed by atoms with van der Waals surface area (Å²) < 4.78 is 13.3. The van der Waals surface area contributed by atoms with Gasteiger partial charge >= 0.3 is 0 Å². The van der Waals surface area contributed by atoms with E-state index in [9.17, 15) is 9.18 Å². The lowest BCUT2D eigenvalue weighted by Gasteiger charge is -2.14. The lowest BCUT2D eigenvalue weighted by molar-refractivity contribution is -0.118. The zero-order valence-electron chi connectivity index (χ0n) is 15.9. The van der Waals surface area contributed by atoms with E-state index < -0.39 is 5.92 Å². The number of hydrogen-bond donors (Lipinski definition) is 1. The first-order chi connectivity index (χ1) is 14.1. The highest BCUT2D eigenvalue weighted by Gasteiger charge is 2.39. The molecule has 0 saturated heterocycles.